The van der Waals surface area contributed by atoms with Crippen molar-refractivity contribution in [2.75, 3.05) is 0 Å². The van der Waals surface area contributed by atoms with Crippen LogP contribution in [0.25, 0.3) is 22.2 Å². The Bertz CT molecular complexity index is 1080. The summed E-state index contributed by atoms with van der Waals surface area (Å²) in [5.74, 6) is -0.118. The monoisotopic (exact) mass is 348 g/mol. The van der Waals surface area contributed by atoms with Gasteiger partial charge >= 0.3 is 0 Å². The van der Waals surface area contributed by atoms with E-state index >= 15 is 0 Å². The van der Waals surface area contributed by atoms with Crippen molar-refractivity contribution in [1.82, 2.24) is 9.97 Å². The normalized spacial score (nSPS) is 10.9. The maximum absolute atomic E-state index is 12.9. The van der Waals surface area contributed by atoms with Crippen LogP contribution in [0.3, 0.4) is 0 Å². The molecule has 0 unspecified atom stereocenters. The van der Waals surface area contributed by atoms with Gasteiger partial charge in [-0.25, -0.2) is 4.98 Å². The second-order valence-electron chi connectivity index (χ2n) is 5.67. The van der Waals surface area contributed by atoms with Gasteiger partial charge in [0.05, 0.1) is 5.56 Å². The Kier molecular flexibility index (Phi) is 3.75. The summed E-state index contributed by atoms with van der Waals surface area (Å²) in [6.07, 6.45) is 3.36. The number of ketones is 1. The van der Waals surface area contributed by atoms with Gasteiger partial charge in [-0.05, 0) is 41.5 Å². The zero-order chi connectivity index (χ0) is 17.4. The molecule has 0 aliphatic heterocycles. The first-order valence-electron chi connectivity index (χ1n) is 7.69. The molecule has 5 heteroatoms. The van der Waals surface area contributed by atoms with E-state index in [0.717, 1.165) is 16.5 Å². The number of aromatic hydroxyl groups is 1. The average molecular weight is 349 g/mol. The molecule has 4 aromatic rings. The number of aromatic amines is 1. The highest BCUT2D eigenvalue weighted by Crippen LogP contribution is 2.32. The fraction of sp³-hybridized carbons (Fsp3) is 0. The van der Waals surface area contributed by atoms with Crippen molar-refractivity contribution in [2.24, 2.45) is 0 Å². The zero-order valence-corrected chi connectivity index (χ0v) is 13.8. The summed E-state index contributed by atoms with van der Waals surface area (Å²) in [5, 5.41) is 11.0. The smallest absolute Gasteiger partial charge is 0.195 e. The van der Waals surface area contributed by atoms with Gasteiger partial charge in [-0.1, -0.05) is 35.9 Å². The van der Waals surface area contributed by atoms with Crippen molar-refractivity contribution in [3.8, 4) is 16.9 Å². The minimum Gasteiger partial charge on any atom is -0.508 e. The molecular formula is C20H13ClN2O2. The topological polar surface area (TPSA) is 66.0 Å². The molecule has 0 saturated carbocycles. The molecule has 0 spiro atoms. The third-order valence-corrected chi connectivity index (χ3v) is 4.33. The first kappa shape index (κ1) is 15.4. The summed E-state index contributed by atoms with van der Waals surface area (Å²) in [7, 11) is 0. The molecule has 0 fully saturated rings. The number of phenols is 1. The number of benzene rings is 2. The number of hydrogen-bond donors (Lipinski definition) is 2. The van der Waals surface area contributed by atoms with E-state index in [4.69, 9.17) is 11.6 Å². The second kappa shape index (κ2) is 6.07. The molecule has 0 amide bonds. The number of phenolic OH excluding ortho intramolecular Hbond substituents is 1. The number of fused-ring (bicyclic) bond motifs is 1. The highest BCUT2D eigenvalue weighted by molar-refractivity contribution is 6.30. The Hall–Kier alpha value is -3.11. The maximum Gasteiger partial charge on any atom is 0.195 e. The van der Waals surface area contributed by atoms with Crippen LogP contribution in [0.5, 0.6) is 5.75 Å². The molecule has 0 aliphatic carbocycles. The maximum atomic E-state index is 12.9. The zero-order valence-electron chi connectivity index (χ0n) is 13.0. The lowest BCUT2D eigenvalue weighted by molar-refractivity contribution is 0.104. The molecule has 2 N–H and O–H groups in total. The SMILES string of the molecule is O=C(c1cccc(O)c1)c1c[nH]c2nccc(-c3ccc(Cl)cc3)c12. The van der Waals surface area contributed by atoms with Gasteiger partial charge in [-0.3, -0.25) is 4.79 Å². The Morgan fingerprint density at radius 2 is 1.88 bits per heavy atom. The summed E-state index contributed by atoms with van der Waals surface area (Å²) in [6.45, 7) is 0. The molecule has 4 nitrogen and oxygen atoms in total. The van der Waals surface area contributed by atoms with Crippen LogP contribution >= 0.6 is 11.6 Å². The van der Waals surface area contributed by atoms with Crippen LogP contribution < -0.4 is 0 Å². The highest BCUT2D eigenvalue weighted by atomic mass is 35.5. The lowest BCUT2D eigenvalue weighted by atomic mass is 9.97. The van der Waals surface area contributed by atoms with E-state index in [1.165, 1.54) is 12.1 Å². The molecule has 0 bridgehead atoms. The predicted octanol–water partition coefficient (Wildman–Crippen LogP) is 4.82. The van der Waals surface area contributed by atoms with Crippen LogP contribution in [0.15, 0.2) is 67.0 Å². The van der Waals surface area contributed by atoms with Gasteiger partial charge in [-0.15, -0.1) is 0 Å². The van der Waals surface area contributed by atoms with Crippen molar-refractivity contribution in [1.29, 1.82) is 0 Å². The largest absolute Gasteiger partial charge is 0.508 e. The number of nitrogens with one attached hydrogen (secondary N) is 1. The van der Waals surface area contributed by atoms with Crippen molar-refractivity contribution in [3.05, 3.63) is 83.1 Å². The third-order valence-electron chi connectivity index (χ3n) is 4.08. The van der Waals surface area contributed by atoms with Crippen LogP contribution in [0, 0.1) is 0 Å². The molecule has 2 aromatic heterocycles. The van der Waals surface area contributed by atoms with Gasteiger partial charge in [0.2, 0.25) is 0 Å². The van der Waals surface area contributed by atoms with Gasteiger partial charge in [0, 0.05) is 28.4 Å². The number of halogens is 1. The summed E-state index contributed by atoms with van der Waals surface area (Å²) in [6, 6.07) is 15.6. The van der Waals surface area contributed by atoms with Gasteiger partial charge in [-0.2, -0.15) is 0 Å². The molecule has 4 rings (SSSR count). The number of rotatable bonds is 3. The molecule has 2 heterocycles. The summed E-state index contributed by atoms with van der Waals surface area (Å²) in [5.41, 5.74) is 3.41. The molecule has 2 aromatic carbocycles. The molecule has 122 valence electrons. The minimum atomic E-state index is -0.176. The van der Waals surface area contributed by atoms with E-state index in [1.807, 2.05) is 30.3 Å². The van der Waals surface area contributed by atoms with E-state index < -0.39 is 0 Å². The van der Waals surface area contributed by atoms with Crippen molar-refractivity contribution >= 4 is 28.4 Å². The third kappa shape index (κ3) is 2.77. The lowest BCUT2D eigenvalue weighted by Gasteiger charge is -2.06. The van der Waals surface area contributed by atoms with E-state index in [2.05, 4.69) is 9.97 Å². The molecule has 0 radical (unpaired) electrons. The number of aromatic nitrogens is 2. The van der Waals surface area contributed by atoms with Crippen LogP contribution in [0.4, 0.5) is 0 Å². The van der Waals surface area contributed by atoms with E-state index in [-0.39, 0.29) is 11.5 Å². The molecule has 25 heavy (non-hydrogen) atoms. The van der Waals surface area contributed by atoms with E-state index in [1.54, 1.807) is 24.5 Å². The average Bonchev–Trinajstić information content (AvgIpc) is 3.06. The van der Waals surface area contributed by atoms with E-state index in [9.17, 15) is 9.90 Å². The standard InChI is InChI=1S/C20H13ClN2O2/c21-14-6-4-12(5-7-14)16-8-9-22-20-18(16)17(11-23-20)19(25)13-2-1-3-15(24)10-13/h1-11,24H,(H,22,23). The summed E-state index contributed by atoms with van der Waals surface area (Å²) >= 11 is 5.98. The van der Waals surface area contributed by atoms with Gasteiger partial charge in [0.1, 0.15) is 11.4 Å². The molecule has 0 aliphatic rings. The Labute approximate surface area is 148 Å². The first-order chi connectivity index (χ1) is 12.1. The number of pyridine rings is 1. The molecule has 0 saturated heterocycles. The number of carbonyl (C=O) groups excluding carboxylic acids is 1. The number of H-pyrrole nitrogens is 1. The number of carbonyl (C=O) groups is 1. The second-order valence-corrected chi connectivity index (χ2v) is 6.11. The van der Waals surface area contributed by atoms with Gasteiger partial charge in [0.15, 0.2) is 5.78 Å². The quantitative estimate of drug-likeness (QED) is 0.522. The van der Waals surface area contributed by atoms with Crippen LogP contribution in [0.2, 0.25) is 5.02 Å². The molecule has 0 atom stereocenters. The Morgan fingerprint density at radius 3 is 2.64 bits per heavy atom. The Balaban J connectivity index is 1.91. The fourth-order valence-electron chi connectivity index (χ4n) is 2.91. The predicted molar refractivity (Wildman–Crippen MR) is 98.1 cm³/mol. The molecular weight excluding hydrogens is 336 g/mol. The van der Waals surface area contributed by atoms with E-state index in [0.29, 0.717) is 21.8 Å². The van der Waals surface area contributed by atoms with Crippen LogP contribution in [-0.2, 0) is 0 Å². The number of hydrogen-bond acceptors (Lipinski definition) is 3. The number of nitrogens with zero attached hydrogens (tertiary/aromatic N) is 1. The fourth-order valence-corrected chi connectivity index (χ4v) is 3.03. The highest BCUT2D eigenvalue weighted by Gasteiger charge is 2.18. The van der Waals surface area contributed by atoms with Crippen molar-refractivity contribution in [3.63, 3.8) is 0 Å². The summed E-state index contributed by atoms with van der Waals surface area (Å²) < 4.78 is 0. The van der Waals surface area contributed by atoms with Crippen LogP contribution in [-0.4, -0.2) is 20.9 Å². The van der Waals surface area contributed by atoms with Gasteiger partial charge < -0.3 is 10.1 Å². The van der Waals surface area contributed by atoms with Crippen LogP contribution in [0.1, 0.15) is 15.9 Å². The van der Waals surface area contributed by atoms with Crippen molar-refractivity contribution in [2.45, 2.75) is 0 Å². The first-order valence-corrected chi connectivity index (χ1v) is 8.07. The van der Waals surface area contributed by atoms with Gasteiger partial charge in [0.25, 0.3) is 0 Å². The van der Waals surface area contributed by atoms with Crippen molar-refractivity contribution < 1.29 is 9.90 Å². The Morgan fingerprint density at radius 1 is 1.08 bits per heavy atom. The minimum absolute atomic E-state index is 0.0572. The summed E-state index contributed by atoms with van der Waals surface area (Å²) in [4.78, 5) is 20.3. The lowest BCUT2D eigenvalue weighted by Crippen LogP contribution is -2.00.